The maximum absolute atomic E-state index is 12.4. The number of phenolic OH excluding ortho intramolecular Hbond substituents is 1. The second-order valence-corrected chi connectivity index (χ2v) is 12.6. The van der Waals surface area contributed by atoms with Crippen molar-refractivity contribution in [2.75, 3.05) is 19.8 Å². The van der Waals surface area contributed by atoms with Gasteiger partial charge in [0.2, 0.25) is 0 Å². The van der Waals surface area contributed by atoms with Crippen LogP contribution < -0.4 is 15.8 Å². The molecule has 2 heterocycles. The highest BCUT2D eigenvalue weighted by atomic mass is 16.5. The van der Waals surface area contributed by atoms with Crippen LogP contribution in [0.25, 0.3) is 0 Å². The van der Waals surface area contributed by atoms with Crippen LogP contribution in [-0.2, 0) is 24.1 Å². The maximum atomic E-state index is 12.4. The summed E-state index contributed by atoms with van der Waals surface area (Å²) in [6.07, 6.45) is 9.73. The Labute approximate surface area is 278 Å². The summed E-state index contributed by atoms with van der Waals surface area (Å²) < 4.78 is 6.02. The lowest BCUT2D eigenvalue weighted by molar-refractivity contribution is -0.121. The number of ketones is 1. The van der Waals surface area contributed by atoms with Crippen LogP contribution in [-0.4, -0.2) is 52.5 Å². The standard InChI is InChI=1S/C39H48N4O4/c1-2-3-5-13-33(44)23-34(45)16-14-29-15-17-37(46)38(22-29)47-27-43-25-35-32(24-42-36(35)26-43)21-30-11-8-12-31(20-30)39(40)41-19-18-28-9-6-4-7-10-28/h4,6-12,15,17,20,22,24-25,33,39,41,44,46H,2-3,5,13-14,16,18-19,21,23,26-27,40H2,1H3. The molecule has 2 aliphatic heterocycles. The Kier molecular flexibility index (Phi) is 12.4. The van der Waals surface area contributed by atoms with E-state index in [-0.39, 0.29) is 30.9 Å². The first-order chi connectivity index (χ1) is 22.9. The van der Waals surface area contributed by atoms with Gasteiger partial charge in [0.05, 0.1) is 24.5 Å². The van der Waals surface area contributed by atoms with Crippen molar-refractivity contribution < 1.29 is 19.7 Å². The van der Waals surface area contributed by atoms with Gasteiger partial charge in [-0.05, 0) is 65.6 Å². The predicted molar refractivity (Wildman–Crippen MR) is 187 cm³/mol. The topological polar surface area (TPSA) is 120 Å². The van der Waals surface area contributed by atoms with Crippen LogP contribution in [0.2, 0.25) is 0 Å². The number of phenols is 1. The molecule has 0 fully saturated rings. The van der Waals surface area contributed by atoms with Crippen molar-refractivity contribution in [3.8, 4) is 11.5 Å². The highest BCUT2D eigenvalue weighted by molar-refractivity contribution is 6.09. The number of ether oxygens (including phenoxy) is 1. The first-order valence-electron chi connectivity index (χ1n) is 16.9. The average molecular weight is 637 g/mol. The van der Waals surface area contributed by atoms with Crippen molar-refractivity contribution in [3.05, 3.63) is 119 Å². The number of hydrogen-bond donors (Lipinski definition) is 4. The van der Waals surface area contributed by atoms with E-state index in [0.29, 0.717) is 31.6 Å². The summed E-state index contributed by atoms with van der Waals surface area (Å²) >= 11 is 0. The van der Waals surface area contributed by atoms with E-state index in [1.165, 1.54) is 11.1 Å². The van der Waals surface area contributed by atoms with Gasteiger partial charge in [-0.15, -0.1) is 0 Å². The molecule has 8 heteroatoms. The number of benzene rings is 3. The fourth-order valence-corrected chi connectivity index (χ4v) is 6.02. The number of nitrogens with two attached hydrogens (primary N) is 1. The second-order valence-electron chi connectivity index (χ2n) is 12.6. The van der Waals surface area contributed by atoms with Gasteiger partial charge in [0.1, 0.15) is 5.78 Å². The van der Waals surface area contributed by atoms with Crippen molar-refractivity contribution in [1.82, 2.24) is 10.2 Å². The van der Waals surface area contributed by atoms with Crippen molar-refractivity contribution in [1.29, 1.82) is 0 Å². The molecule has 2 aliphatic rings. The molecule has 47 heavy (non-hydrogen) atoms. The second kappa shape index (κ2) is 17.1. The molecule has 5 N–H and O–H groups in total. The first-order valence-corrected chi connectivity index (χ1v) is 16.9. The zero-order valence-electron chi connectivity index (χ0n) is 27.4. The molecule has 3 aromatic rings. The number of nitrogens with zero attached hydrogens (tertiary/aromatic N) is 2. The Morgan fingerprint density at radius 1 is 1.02 bits per heavy atom. The monoisotopic (exact) mass is 636 g/mol. The van der Waals surface area contributed by atoms with Crippen LogP contribution in [0.15, 0.2) is 101 Å². The number of allylic oxidation sites excluding steroid dienone is 1. The molecule has 0 aromatic heterocycles. The number of unbranched alkanes of at least 4 members (excludes halogenated alkanes) is 2. The molecule has 0 radical (unpaired) electrons. The summed E-state index contributed by atoms with van der Waals surface area (Å²) in [6, 6.07) is 24.0. The average Bonchev–Trinajstić information content (AvgIpc) is 3.65. The van der Waals surface area contributed by atoms with E-state index in [4.69, 9.17) is 10.5 Å². The summed E-state index contributed by atoms with van der Waals surface area (Å²) in [5, 5.41) is 24.0. The molecule has 2 unspecified atom stereocenters. The van der Waals surface area contributed by atoms with E-state index in [1.54, 1.807) is 12.1 Å². The summed E-state index contributed by atoms with van der Waals surface area (Å²) in [6.45, 7) is 3.81. The minimum absolute atomic E-state index is 0.0504. The molecule has 0 bridgehead atoms. The van der Waals surface area contributed by atoms with Gasteiger partial charge >= 0.3 is 0 Å². The lowest BCUT2D eigenvalue weighted by Crippen LogP contribution is -2.30. The molecule has 0 saturated heterocycles. The number of rotatable bonds is 19. The van der Waals surface area contributed by atoms with E-state index >= 15 is 0 Å². The van der Waals surface area contributed by atoms with Gasteiger partial charge in [-0.3, -0.25) is 15.1 Å². The van der Waals surface area contributed by atoms with Gasteiger partial charge in [-0.1, -0.05) is 86.8 Å². The van der Waals surface area contributed by atoms with Crippen LogP contribution in [0.5, 0.6) is 11.5 Å². The number of hydrogen-bond acceptors (Lipinski definition) is 8. The minimum Gasteiger partial charge on any atom is -0.504 e. The lowest BCUT2D eigenvalue weighted by Gasteiger charge is -2.17. The highest BCUT2D eigenvalue weighted by Gasteiger charge is 2.26. The molecule has 0 saturated carbocycles. The number of nitrogens with one attached hydrogen (secondary N) is 1. The van der Waals surface area contributed by atoms with Crippen molar-refractivity contribution in [2.45, 2.75) is 77.0 Å². The Morgan fingerprint density at radius 2 is 1.85 bits per heavy atom. The van der Waals surface area contributed by atoms with E-state index in [1.807, 2.05) is 23.2 Å². The number of aliphatic hydroxyl groups is 1. The summed E-state index contributed by atoms with van der Waals surface area (Å²) in [5.41, 5.74) is 14.2. The van der Waals surface area contributed by atoms with Crippen LogP contribution in [0.1, 0.15) is 73.9 Å². The van der Waals surface area contributed by atoms with E-state index in [9.17, 15) is 15.0 Å². The maximum Gasteiger partial charge on any atom is 0.163 e. The number of Topliss-reactive ketones (excluding diaryl/α,β-unsaturated/α-hetero) is 1. The predicted octanol–water partition coefficient (Wildman–Crippen LogP) is 6.13. The molecule has 2 atom stereocenters. The Hall–Kier alpha value is -4.24. The number of fused-ring (bicyclic) bond motifs is 1. The lowest BCUT2D eigenvalue weighted by atomic mass is 9.97. The zero-order valence-corrected chi connectivity index (χ0v) is 27.4. The smallest absolute Gasteiger partial charge is 0.163 e. The van der Waals surface area contributed by atoms with Crippen LogP contribution in [0.3, 0.4) is 0 Å². The molecular weight excluding hydrogens is 588 g/mol. The fourth-order valence-electron chi connectivity index (χ4n) is 6.02. The Bertz CT molecular complexity index is 1580. The molecule has 248 valence electrons. The number of aryl methyl sites for hydroxylation is 1. The number of carbonyl (C=O) groups is 1. The quantitative estimate of drug-likeness (QED) is 0.0923. The van der Waals surface area contributed by atoms with Gasteiger partial charge < -0.3 is 25.6 Å². The Morgan fingerprint density at radius 3 is 2.68 bits per heavy atom. The number of aromatic hydroxyl groups is 1. The number of carbonyl (C=O) groups excluding carboxylic acids is 1. The van der Waals surface area contributed by atoms with Crippen LogP contribution >= 0.6 is 0 Å². The summed E-state index contributed by atoms with van der Waals surface area (Å²) in [7, 11) is 0. The Balaban J connectivity index is 1.09. The third-order valence-corrected chi connectivity index (χ3v) is 8.73. The zero-order chi connectivity index (χ0) is 33.0. The van der Waals surface area contributed by atoms with Gasteiger partial charge in [-0.2, -0.15) is 0 Å². The summed E-state index contributed by atoms with van der Waals surface area (Å²) in [5.74, 6) is 0.492. The van der Waals surface area contributed by atoms with E-state index in [0.717, 1.165) is 66.6 Å². The molecule has 0 spiro atoms. The minimum atomic E-state index is -0.567. The fraction of sp³-hybridized carbons (Fsp3) is 0.385. The number of aliphatic imine (C=N–C) groups is 1. The van der Waals surface area contributed by atoms with Gasteiger partial charge in [0.15, 0.2) is 18.2 Å². The van der Waals surface area contributed by atoms with Crippen molar-refractivity contribution >= 4 is 11.5 Å². The third kappa shape index (κ3) is 10.1. The largest absolute Gasteiger partial charge is 0.504 e. The van der Waals surface area contributed by atoms with Crippen molar-refractivity contribution in [3.63, 3.8) is 0 Å². The van der Waals surface area contributed by atoms with Crippen LogP contribution in [0, 0.1) is 0 Å². The molecular formula is C39H48N4O4. The third-order valence-electron chi connectivity index (χ3n) is 8.73. The number of aliphatic hydroxyl groups excluding tert-OH is 1. The highest BCUT2D eigenvalue weighted by Crippen LogP contribution is 2.31. The SMILES string of the molecule is CCCCCC(O)CC(=O)CCc1ccc(O)c(OCN2C=C3C(Cc4cccc(C(N)NCCc5ccccc5)c4)=CN=C3C2)c1. The first kappa shape index (κ1) is 34.1. The normalized spacial score (nSPS) is 15.1. The molecule has 0 amide bonds. The molecule has 3 aromatic carbocycles. The van der Waals surface area contributed by atoms with Gasteiger partial charge in [0, 0.05) is 37.4 Å². The summed E-state index contributed by atoms with van der Waals surface area (Å²) in [4.78, 5) is 19.1. The van der Waals surface area contributed by atoms with Gasteiger partial charge in [-0.25, -0.2) is 0 Å². The van der Waals surface area contributed by atoms with E-state index < -0.39 is 6.10 Å². The molecule has 8 nitrogen and oxygen atoms in total. The van der Waals surface area contributed by atoms with Gasteiger partial charge in [0.25, 0.3) is 0 Å². The van der Waals surface area contributed by atoms with Crippen molar-refractivity contribution in [2.24, 2.45) is 10.7 Å². The van der Waals surface area contributed by atoms with Crippen LogP contribution in [0.4, 0.5) is 0 Å². The molecule has 5 rings (SSSR count). The molecule has 0 aliphatic carbocycles. The van der Waals surface area contributed by atoms with E-state index in [2.05, 4.69) is 72.0 Å².